The summed E-state index contributed by atoms with van der Waals surface area (Å²) in [7, 11) is 0. The van der Waals surface area contributed by atoms with Crippen LogP contribution in [-0.4, -0.2) is 23.3 Å². The molecule has 0 unspecified atom stereocenters. The minimum atomic E-state index is -0.909. The molecule has 1 heterocycles. The molecule has 0 aromatic heterocycles. The first-order valence-corrected chi connectivity index (χ1v) is 9.10. The Morgan fingerprint density at radius 1 is 0.893 bits per heavy atom. The molecular weight excluding hydrogens is 352 g/mol. The minimum Gasteiger partial charge on any atom is -0.491 e. The number of primary amides is 1. The summed E-state index contributed by atoms with van der Waals surface area (Å²) >= 11 is 0. The molecule has 2 amide bonds. The van der Waals surface area contributed by atoms with Gasteiger partial charge in [0.2, 0.25) is 5.91 Å². The molecule has 0 radical (unpaired) electrons. The molecule has 140 valence electrons. The highest BCUT2D eigenvalue weighted by Gasteiger charge is 2.40. The number of rotatable bonds is 5. The molecule has 0 aliphatic carbocycles. The van der Waals surface area contributed by atoms with E-state index in [0.29, 0.717) is 11.1 Å². The number of benzene rings is 3. The van der Waals surface area contributed by atoms with Crippen molar-refractivity contribution in [2.75, 3.05) is 6.61 Å². The third kappa shape index (κ3) is 3.22. The largest absolute Gasteiger partial charge is 0.491 e. The van der Waals surface area contributed by atoms with Gasteiger partial charge in [-0.3, -0.25) is 9.59 Å². The number of carbonyl (C=O) groups excluding carboxylic acids is 2. The van der Waals surface area contributed by atoms with E-state index in [9.17, 15) is 9.59 Å². The van der Waals surface area contributed by atoms with Crippen LogP contribution in [0.25, 0.3) is 0 Å². The average Bonchev–Trinajstić information content (AvgIpc) is 3.16. The van der Waals surface area contributed by atoms with Gasteiger partial charge in [0.1, 0.15) is 18.4 Å². The van der Waals surface area contributed by atoms with E-state index < -0.39 is 18.0 Å². The molecule has 2 atom stereocenters. The maximum Gasteiger partial charge on any atom is 0.255 e. The molecule has 2 N–H and O–H groups in total. The second-order valence-corrected chi connectivity index (χ2v) is 6.66. The molecule has 1 aliphatic heterocycles. The molecular formula is C23H20N2O3. The highest BCUT2D eigenvalue weighted by atomic mass is 16.5. The molecule has 5 heteroatoms. The van der Waals surface area contributed by atoms with Gasteiger partial charge < -0.3 is 15.4 Å². The fourth-order valence-electron chi connectivity index (χ4n) is 3.64. The summed E-state index contributed by atoms with van der Waals surface area (Å²) in [4.78, 5) is 27.6. The number of nitrogens with zero attached hydrogens (tertiary/aromatic N) is 1. The van der Waals surface area contributed by atoms with Crippen LogP contribution in [0.4, 0.5) is 0 Å². The molecule has 3 aromatic carbocycles. The molecule has 0 saturated heterocycles. The molecule has 0 spiro atoms. The van der Waals surface area contributed by atoms with Crippen molar-refractivity contribution in [2.24, 2.45) is 5.73 Å². The highest BCUT2D eigenvalue weighted by molar-refractivity contribution is 5.98. The SMILES string of the molecule is NC(=O)[C@@H](c1ccccc1)N(C(=O)c1ccccc1)[C@@H]1COc2ccccc21. The van der Waals surface area contributed by atoms with Crippen LogP contribution in [-0.2, 0) is 4.79 Å². The lowest BCUT2D eigenvalue weighted by Gasteiger charge is -2.34. The summed E-state index contributed by atoms with van der Waals surface area (Å²) < 4.78 is 5.80. The van der Waals surface area contributed by atoms with Gasteiger partial charge in [0.05, 0.1) is 6.04 Å². The van der Waals surface area contributed by atoms with Gasteiger partial charge in [0.25, 0.3) is 5.91 Å². The zero-order valence-electron chi connectivity index (χ0n) is 15.2. The summed E-state index contributed by atoms with van der Waals surface area (Å²) in [6.45, 7) is 0.272. The predicted octanol–water partition coefficient (Wildman–Crippen LogP) is 3.49. The van der Waals surface area contributed by atoms with Crippen LogP contribution in [0.3, 0.4) is 0 Å². The van der Waals surface area contributed by atoms with Gasteiger partial charge in [-0.05, 0) is 23.8 Å². The molecule has 4 rings (SSSR count). The summed E-state index contributed by atoms with van der Waals surface area (Å²) in [5, 5.41) is 0. The summed E-state index contributed by atoms with van der Waals surface area (Å²) in [5.74, 6) is -0.131. The van der Waals surface area contributed by atoms with Crippen LogP contribution in [0.5, 0.6) is 5.75 Å². The lowest BCUT2D eigenvalue weighted by Crippen LogP contribution is -2.44. The van der Waals surface area contributed by atoms with Gasteiger partial charge in [-0.15, -0.1) is 0 Å². The lowest BCUT2D eigenvalue weighted by molar-refractivity contribution is -0.123. The van der Waals surface area contributed by atoms with Crippen LogP contribution in [0.15, 0.2) is 84.9 Å². The summed E-state index contributed by atoms with van der Waals surface area (Å²) in [6.07, 6.45) is 0. The van der Waals surface area contributed by atoms with E-state index in [1.807, 2.05) is 60.7 Å². The quantitative estimate of drug-likeness (QED) is 0.745. The van der Waals surface area contributed by atoms with Gasteiger partial charge in [-0.25, -0.2) is 0 Å². The topological polar surface area (TPSA) is 72.6 Å². The van der Waals surface area contributed by atoms with Crippen LogP contribution in [0.2, 0.25) is 0 Å². The Balaban J connectivity index is 1.84. The zero-order chi connectivity index (χ0) is 19.5. The molecule has 0 saturated carbocycles. The maximum atomic E-state index is 13.5. The number of carbonyl (C=O) groups is 2. The number of amides is 2. The molecule has 1 aliphatic rings. The van der Waals surface area contributed by atoms with E-state index in [2.05, 4.69) is 0 Å². The Hall–Kier alpha value is -3.60. The van der Waals surface area contributed by atoms with Crippen LogP contribution < -0.4 is 10.5 Å². The van der Waals surface area contributed by atoms with E-state index >= 15 is 0 Å². The Bertz CT molecular complexity index is 989. The van der Waals surface area contributed by atoms with Gasteiger partial charge in [-0.2, -0.15) is 0 Å². The predicted molar refractivity (Wildman–Crippen MR) is 106 cm³/mol. The molecule has 5 nitrogen and oxygen atoms in total. The van der Waals surface area contributed by atoms with Crippen LogP contribution >= 0.6 is 0 Å². The summed E-state index contributed by atoms with van der Waals surface area (Å²) in [5.41, 5.74) is 7.83. The minimum absolute atomic E-state index is 0.265. The van der Waals surface area contributed by atoms with Gasteiger partial charge in [-0.1, -0.05) is 66.7 Å². The van der Waals surface area contributed by atoms with Gasteiger partial charge in [0, 0.05) is 11.1 Å². The first kappa shape index (κ1) is 17.8. The number of para-hydroxylation sites is 1. The number of ether oxygens (including phenoxy) is 1. The number of fused-ring (bicyclic) bond motifs is 1. The fourth-order valence-corrected chi connectivity index (χ4v) is 3.64. The van der Waals surface area contributed by atoms with Crippen molar-refractivity contribution in [3.63, 3.8) is 0 Å². The van der Waals surface area contributed by atoms with Gasteiger partial charge in [0.15, 0.2) is 0 Å². The lowest BCUT2D eigenvalue weighted by atomic mass is 9.98. The fraction of sp³-hybridized carbons (Fsp3) is 0.130. The first-order chi connectivity index (χ1) is 13.7. The van der Waals surface area contributed by atoms with E-state index in [1.54, 1.807) is 29.2 Å². The van der Waals surface area contributed by atoms with Gasteiger partial charge >= 0.3 is 0 Å². The standard InChI is InChI=1S/C23H20N2O3/c24-22(26)21(16-9-3-1-4-10-16)25(23(27)17-11-5-2-6-12-17)19-15-28-20-14-8-7-13-18(19)20/h1-14,19,21H,15H2,(H2,24,26)/t19-,21-/m1/s1. The molecule has 0 bridgehead atoms. The summed E-state index contributed by atoms with van der Waals surface area (Å²) in [6, 6.07) is 24.3. The number of nitrogens with two attached hydrogens (primary N) is 1. The van der Waals surface area contributed by atoms with Crippen molar-refractivity contribution in [3.05, 3.63) is 102 Å². The van der Waals surface area contributed by atoms with Crippen molar-refractivity contribution in [2.45, 2.75) is 12.1 Å². The molecule has 3 aromatic rings. The normalized spacial score (nSPS) is 15.9. The highest BCUT2D eigenvalue weighted by Crippen LogP contribution is 2.40. The Morgan fingerprint density at radius 3 is 2.18 bits per heavy atom. The smallest absolute Gasteiger partial charge is 0.255 e. The first-order valence-electron chi connectivity index (χ1n) is 9.10. The second-order valence-electron chi connectivity index (χ2n) is 6.66. The second kappa shape index (κ2) is 7.56. The van der Waals surface area contributed by atoms with E-state index in [0.717, 1.165) is 11.3 Å². The monoisotopic (exact) mass is 372 g/mol. The van der Waals surface area contributed by atoms with Crippen molar-refractivity contribution in [1.82, 2.24) is 4.90 Å². The van der Waals surface area contributed by atoms with E-state index in [1.165, 1.54) is 0 Å². The Labute approximate surface area is 163 Å². The number of hydrogen-bond acceptors (Lipinski definition) is 3. The number of hydrogen-bond donors (Lipinski definition) is 1. The van der Waals surface area contributed by atoms with E-state index in [-0.39, 0.29) is 12.5 Å². The van der Waals surface area contributed by atoms with Crippen molar-refractivity contribution >= 4 is 11.8 Å². The Kier molecular flexibility index (Phi) is 4.81. The molecule has 28 heavy (non-hydrogen) atoms. The maximum absolute atomic E-state index is 13.5. The average molecular weight is 372 g/mol. The van der Waals surface area contributed by atoms with Crippen LogP contribution in [0.1, 0.15) is 33.6 Å². The third-order valence-electron chi connectivity index (χ3n) is 4.93. The molecule has 0 fully saturated rings. The van der Waals surface area contributed by atoms with Crippen molar-refractivity contribution < 1.29 is 14.3 Å². The van der Waals surface area contributed by atoms with Crippen LogP contribution in [0, 0.1) is 0 Å². The Morgan fingerprint density at radius 2 is 1.50 bits per heavy atom. The van der Waals surface area contributed by atoms with Crippen molar-refractivity contribution in [1.29, 1.82) is 0 Å². The van der Waals surface area contributed by atoms with E-state index in [4.69, 9.17) is 10.5 Å². The zero-order valence-corrected chi connectivity index (χ0v) is 15.2. The third-order valence-corrected chi connectivity index (χ3v) is 4.93. The van der Waals surface area contributed by atoms with Crippen molar-refractivity contribution in [3.8, 4) is 5.75 Å².